The van der Waals surface area contributed by atoms with Crippen LogP contribution >= 0.6 is 15.9 Å². The molecule has 0 spiro atoms. The summed E-state index contributed by atoms with van der Waals surface area (Å²) in [6.07, 6.45) is 0.799. The third-order valence-corrected chi connectivity index (χ3v) is 4.95. The molecule has 122 valence electrons. The molecule has 7 heteroatoms. The van der Waals surface area contributed by atoms with Crippen molar-refractivity contribution in [3.05, 3.63) is 46.2 Å². The number of aromatic nitrogens is 4. The third kappa shape index (κ3) is 2.43. The van der Waals surface area contributed by atoms with Gasteiger partial charge in [-0.05, 0) is 48.3 Å². The van der Waals surface area contributed by atoms with Gasteiger partial charge in [0, 0.05) is 17.4 Å². The molecule has 0 N–H and O–H groups in total. The Morgan fingerprint density at radius 2 is 2.17 bits per heavy atom. The van der Waals surface area contributed by atoms with Crippen LogP contribution in [0.1, 0.15) is 30.8 Å². The summed E-state index contributed by atoms with van der Waals surface area (Å²) in [5, 5.41) is 4.57. The van der Waals surface area contributed by atoms with E-state index >= 15 is 0 Å². The van der Waals surface area contributed by atoms with Gasteiger partial charge in [-0.3, -0.25) is 4.79 Å². The zero-order chi connectivity index (χ0) is 17.0. The first-order valence-corrected chi connectivity index (χ1v) is 8.44. The molecule has 1 aliphatic carbocycles. The van der Waals surface area contributed by atoms with Crippen molar-refractivity contribution in [3.8, 4) is 11.3 Å². The number of benzene rings is 1. The minimum Gasteiger partial charge on any atom is -0.300 e. The highest BCUT2D eigenvalue weighted by molar-refractivity contribution is 9.10. The van der Waals surface area contributed by atoms with Crippen molar-refractivity contribution >= 4 is 27.4 Å². The lowest BCUT2D eigenvalue weighted by molar-refractivity contribution is -0.118. The number of aryl methyl sites for hydroxylation is 1. The van der Waals surface area contributed by atoms with Crippen LogP contribution in [0, 0.1) is 18.7 Å². The van der Waals surface area contributed by atoms with Gasteiger partial charge in [0.25, 0.3) is 0 Å². The standard InChI is InChI=1S/C17H14BrFN4O/c1-8-14(10-4-3-5-11(19)6-10)20-15(18)17-21-16(22-23(8)17)13-7-12(13)9(2)24/h3-6,12-13H,7H2,1-2H3/t12-,13+/m1/s1. The van der Waals surface area contributed by atoms with Crippen molar-refractivity contribution in [3.63, 3.8) is 0 Å². The Kier molecular flexibility index (Phi) is 3.49. The van der Waals surface area contributed by atoms with Crippen LogP contribution in [0.15, 0.2) is 28.9 Å². The number of Topliss-reactive ketones (excluding diaryl/α,β-unsaturated/α-hetero) is 1. The summed E-state index contributed by atoms with van der Waals surface area (Å²) in [7, 11) is 0. The quantitative estimate of drug-likeness (QED) is 0.686. The molecule has 0 aliphatic heterocycles. The monoisotopic (exact) mass is 388 g/mol. The molecule has 0 saturated heterocycles. The predicted molar refractivity (Wildman–Crippen MR) is 90.1 cm³/mol. The highest BCUT2D eigenvalue weighted by Gasteiger charge is 2.44. The Hall–Kier alpha value is -2.15. The van der Waals surface area contributed by atoms with Crippen LogP contribution in [0.2, 0.25) is 0 Å². The Balaban J connectivity index is 1.84. The molecule has 24 heavy (non-hydrogen) atoms. The van der Waals surface area contributed by atoms with Gasteiger partial charge in [0.15, 0.2) is 16.1 Å². The van der Waals surface area contributed by atoms with Crippen LogP contribution in [0.4, 0.5) is 4.39 Å². The predicted octanol–water partition coefficient (Wildman–Crippen LogP) is 3.69. The van der Waals surface area contributed by atoms with Gasteiger partial charge in [-0.15, -0.1) is 0 Å². The average molecular weight is 389 g/mol. The van der Waals surface area contributed by atoms with E-state index in [1.165, 1.54) is 12.1 Å². The fourth-order valence-corrected chi connectivity index (χ4v) is 3.45. The number of carbonyl (C=O) groups is 1. The van der Waals surface area contributed by atoms with Gasteiger partial charge in [-0.25, -0.2) is 18.9 Å². The maximum absolute atomic E-state index is 13.5. The fourth-order valence-electron chi connectivity index (χ4n) is 3.02. The number of carbonyl (C=O) groups excluding carboxylic acids is 1. The minimum atomic E-state index is -0.313. The number of fused-ring (bicyclic) bond motifs is 1. The van der Waals surface area contributed by atoms with Crippen molar-refractivity contribution < 1.29 is 9.18 Å². The molecular weight excluding hydrogens is 375 g/mol. The third-order valence-electron chi connectivity index (χ3n) is 4.42. The van der Waals surface area contributed by atoms with Crippen LogP contribution in [0.5, 0.6) is 0 Å². The lowest BCUT2D eigenvalue weighted by Crippen LogP contribution is -2.01. The molecular formula is C17H14BrFN4O. The van der Waals surface area contributed by atoms with E-state index in [0.717, 1.165) is 12.1 Å². The van der Waals surface area contributed by atoms with Gasteiger partial charge >= 0.3 is 0 Å². The SMILES string of the molecule is CC(=O)[C@H]1C[C@@H]1c1nc2c(Br)nc(-c3cccc(F)c3)c(C)n2n1. The Morgan fingerprint density at radius 3 is 2.83 bits per heavy atom. The Bertz CT molecular complexity index is 984. The first kappa shape index (κ1) is 15.4. The topological polar surface area (TPSA) is 60.2 Å². The largest absolute Gasteiger partial charge is 0.300 e. The molecule has 2 aromatic heterocycles. The van der Waals surface area contributed by atoms with Gasteiger partial charge in [0.2, 0.25) is 0 Å². The summed E-state index contributed by atoms with van der Waals surface area (Å²) in [5.74, 6) is 0.639. The number of hydrogen-bond donors (Lipinski definition) is 0. The maximum Gasteiger partial charge on any atom is 0.188 e. The van der Waals surface area contributed by atoms with Gasteiger partial charge in [-0.1, -0.05) is 12.1 Å². The van der Waals surface area contributed by atoms with Crippen LogP contribution in [0.3, 0.4) is 0 Å². The van der Waals surface area contributed by atoms with Crippen LogP contribution in [-0.4, -0.2) is 25.4 Å². The number of halogens is 2. The van der Waals surface area contributed by atoms with E-state index in [4.69, 9.17) is 0 Å². The summed E-state index contributed by atoms with van der Waals surface area (Å²) in [6.45, 7) is 3.48. The van der Waals surface area contributed by atoms with Crippen LogP contribution in [-0.2, 0) is 4.79 Å². The second kappa shape index (κ2) is 5.44. The minimum absolute atomic E-state index is 0.0251. The summed E-state index contributed by atoms with van der Waals surface area (Å²) in [5.41, 5.74) is 2.71. The molecule has 1 fully saturated rings. The number of hydrogen-bond acceptors (Lipinski definition) is 4. The number of rotatable bonds is 3. The van der Waals surface area contributed by atoms with Gasteiger partial charge in [0.1, 0.15) is 11.6 Å². The zero-order valence-corrected chi connectivity index (χ0v) is 14.7. The Morgan fingerprint density at radius 1 is 1.38 bits per heavy atom. The highest BCUT2D eigenvalue weighted by Crippen LogP contribution is 2.46. The summed E-state index contributed by atoms with van der Waals surface area (Å²) in [6, 6.07) is 6.30. The van der Waals surface area contributed by atoms with Gasteiger partial charge in [-0.2, -0.15) is 5.10 Å². The Labute approximate surface area is 146 Å². The molecule has 0 bridgehead atoms. The zero-order valence-electron chi connectivity index (χ0n) is 13.1. The molecule has 5 nitrogen and oxygen atoms in total. The molecule has 1 aromatic carbocycles. The second-order valence-electron chi connectivity index (χ2n) is 6.11. The van der Waals surface area contributed by atoms with E-state index in [0.29, 0.717) is 27.3 Å². The molecule has 1 saturated carbocycles. The van der Waals surface area contributed by atoms with E-state index in [1.807, 2.05) is 6.92 Å². The highest BCUT2D eigenvalue weighted by atomic mass is 79.9. The lowest BCUT2D eigenvalue weighted by atomic mass is 10.1. The van der Waals surface area contributed by atoms with Crippen LogP contribution in [0.25, 0.3) is 16.9 Å². The normalized spacial score (nSPS) is 19.7. The van der Waals surface area contributed by atoms with Gasteiger partial charge in [0.05, 0.1) is 11.4 Å². The van der Waals surface area contributed by atoms with Crippen LogP contribution < -0.4 is 0 Å². The van der Waals surface area contributed by atoms with Crippen molar-refractivity contribution in [1.29, 1.82) is 0 Å². The van der Waals surface area contributed by atoms with Crippen molar-refractivity contribution in [2.24, 2.45) is 5.92 Å². The number of nitrogens with zero attached hydrogens (tertiary/aromatic N) is 4. The molecule has 3 aromatic rings. The smallest absolute Gasteiger partial charge is 0.188 e. The van der Waals surface area contributed by atoms with E-state index < -0.39 is 0 Å². The molecule has 0 unspecified atom stereocenters. The molecule has 0 amide bonds. The summed E-state index contributed by atoms with van der Waals surface area (Å²) < 4.78 is 15.8. The summed E-state index contributed by atoms with van der Waals surface area (Å²) in [4.78, 5) is 20.5. The lowest BCUT2D eigenvalue weighted by Gasteiger charge is -2.08. The van der Waals surface area contributed by atoms with Crippen molar-refractivity contribution in [2.45, 2.75) is 26.2 Å². The molecule has 2 atom stereocenters. The first-order chi connectivity index (χ1) is 11.5. The van der Waals surface area contributed by atoms with E-state index in [9.17, 15) is 9.18 Å². The molecule has 2 heterocycles. The first-order valence-electron chi connectivity index (χ1n) is 7.65. The van der Waals surface area contributed by atoms with Gasteiger partial charge < -0.3 is 0 Å². The van der Waals surface area contributed by atoms with E-state index in [2.05, 4.69) is 31.0 Å². The van der Waals surface area contributed by atoms with E-state index in [-0.39, 0.29) is 23.4 Å². The number of ketones is 1. The van der Waals surface area contributed by atoms with Crippen molar-refractivity contribution in [2.75, 3.05) is 0 Å². The van der Waals surface area contributed by atoms with E-state index in [1.54, 1.807) is 23.6 Å². The molecule has 1 aliphatic rings. The molecule has 4 rings (SSSR count). The maximum atomic E-state index is 13.5. The fraction of sp³-hybridized carbons (Fsp3) is 0.294. The van der Waals surface area contributed by atoms with Crippen molar-refractivity contribution in [1.82, 2.24) is 19.6 Å². The second-order valence-corrected chi connectivity index (χ2v) is 6.86. The molecule has 0 radical (unpaired) electrons. The average Bonchev–Trinajstić information content (AvgIpc) is 3.22. The summed E-state index contributed by atoms with van der Waals surface area (Å²) >= 11 is 3.43.